The molecule has 41 heavy (non-hydrogen) atoms. The normalized spacial score (nSPS) is 18.0. The Labute approximate surface area is 242 Å². The highest BCUT2D eigenvalue weighted by Crippen LogP contribution is 2.37. The van der Waals surface area contributed by atoms with Crippen molar-refractivity contribution in [2.75, 3.05) is 13.1 Å². The van der Waals surface area contributed by atoms with E-state index in [2.05, 4.69) is 56.4 Å². The Hall–Kier alpha value is -3.67. The molecular weight excluding hydrogens is 512 g/mol. The van der Waals surface area contributed by atoms with E-state index in [0.29, 0.717) is 36.4 Å². The fourth-order valence-corrected chi connectivity index (χ4v) is 6.08. The number of amides is 2. The smallest absolute Gasteiger partial charge is 0.287 e. The van der Waals surface area contributed by atoms with Crippen molar-refractivity contribution < 1.29 is 14.0 Å². The van der Waals surface area contributed by atoms with Crippen LogP contribution in [0.1, 0.15) is 105 Å². The summed E-state index contributed by atoms with van der Waals surface area (Å²) in [5, 5.41) is 3.40. The number of carbonyl (C=O) groups excluding carboxylic acids is 2. The Morgan fingerprint density at radius 1 is 1.05 bits per heavy atom. The maximum absolute atomic E-state index is 12.8. The molecule has 0 atom stereocenters. The van der Waals surface area contributed by atoms with E-state index in [1.165, 1.54) is 22.8 Å². The molecule has 1 saturated carbocycles. The van der Waals surface area contributed by atoms with Gasteiger partial charge in [-0.25, -0.2) is 0 Å². The van der Waals surface area contributed by atoms with E-state index in [4.69, 9.17) is 4.42 Å². The van der Waals surface area contributed by atoms with Crippen molar-refractivity contribution in [3.05, 3.63) is 92.9 Å². The van der Waals surface area contributed by atoms with E-state index in [9.17, 15) is 14.4 Å². The number of fused-ring (bicyclic) bond motifs is 1. The molecule has 2 fully saturated rings. The number of nitrogens with zero attached hydrogens (tertiary/aromatic N) is 1. The Bertz CT molecular complexity index is 1510. The van der Waals surface area contributed by atoms with Crippen molar-refractivity contribution in [3.8, 4) is 0 Å². The Kier molecular flexibility index (Phi) is 8.77. The highest BCUT2D eigenvalue weighted by molar-refractivity contribution is 5.93. The van der Waals surface area contributed by atoms with Crippen molar-refractivity contribution in [1.29, 1.82) is 0 Å². The monoisotopic (exact) mass is 554 g/mol. The zero-order valence-corrected chi connectivity index (χ0v) is 24.6. The average Bonchev–Trinajstić information content (AvgIpc) is 2.98. The van der Waals surface area contributed by atoms with Crippen LogP contribution >= 0.6 is 0 Å². The van der Waals surface area contributed by atoms with E-state index >= 15 is 0 Å². The predicted octanol–water partition coefficient (Wildman–Crippen LogP) is 7.01. The first-order valence-corrected chi connectivity index (χ1v) is 15.1. The third-order valence-corrected chi connectivity index (χ3v) is 9.17. The molecule has 2 aromatic carbocycles. The van der Waals surface area contributed by atoms with Crippen molar-refractivity contribution >= 4 is 22.8 Å². The van der Waals surface area contributed by atoms with Gasteiger partial charge in [0.15, 0.2) is 11.2 Å². The molecule has 6 heteroatoms. The molecule has 2 aliphatic rings. The number of piperidine rings is 1. The lowest BCUT2D eigenvalue weighted by Gasteiger charge is -2.30. The second kappa shape index (κ2) is 12.5. The number of nitrogens with one attached hydrogen (secondary N) is 1. The SMILES string of the molecule is CCC(C)(C)c1ccc2oc(C(=O)NCC=C3CCC(c4ccccc4CN4CCCCC4=O)CC3)cc(=O)c2c1. The number of likely N-dealkylation sites (tertiary alicyclic amines) is 1. The van der Waals surface area contributed by atoms with Gasteiger partial charge in [-0.05, 0) is 85.1 Å². The van der Waals surface area contributed by atoms with Crippen molar-refractivity contribution in [1.82, 2.24) is 10.2 Å². The molecule has 1 saturated heterocycles. The Morgan fingerprint density at radius 2 is 1.83 bits per heavy atom. The first-order chi connectivity index (χ1) is 19.7. The standard InChI is InChI=1S/C35H42N2O4/c1-4-35(2,3)27-16-17-31-29(21-27)30(38)22-32(41-31)34(40)36-19-18-24-12-14-25(15-13-24)28-10-6-5-9-26(28)23-37-20-8-7-11-33(37)39/h5-6,9-10,16-18,21-22,25H,4,7-8,11-15,19-20,23H2,1-3H3,(H,36,40). The van der Waals surface area contributed by atoms with Gasteiger partial charge in [0.25, 0.3) is 5.91 Å². The third-order valence-electron chi connectivity index (χ3n) is 9.17. The molecular formula is C35H42N2O4. The summed E-state index contributed by atoms with van der Waals surface area (Å²) in [6.07, 6.45) is 9.90. The quantitative estimate of drug-likeness (QED) is 0.304. The van der Waals surface area contributed by atoms with E-state index in [-0.39, 0.29) is 28.4 Å². The number of rotatable bonds is 8. The maximum atomic E-state index is 12.8. The van der Waals surface area contributed by atoms with Gasteiger partial charge in [0.05, 0.1) is 5.39 Å². The lowest BCUT2D eigenvalue weighted by Crippen LogP contribution is -2.35. The van der Waals surface area contributed by atoms with Crippen LogP contribution in [0.5, 0.6) is 0 Å². The Balaban J connectivity index is 1.17. The molecule has 5 rings (SSSR count). The molecule has 1 aromatic heterocycles. The van der Waals surface area contributed by atoms with Gasteiger partial charge < -0.3 is 14.6 Å². The van der Waals surface area contributed by atoms with Crippen LogP contribution in [0.25, 0.3) is 11.0 Å². The summed E-state index contributed by atoms with van der Waals surface area (Å²) in [6, 6.07) is 15.5. The summed E-state index contributed by atoms with van der Waals surface area (Å²) in [5.74, 6) is 0.410. The highest BCUT2D eigenvalue weighted by Gasteiger charge is 2.24. The van der Waals surface area contributed by atoms with Crippen LogP contribution in [-0.4, -0.2) is 29.8 Å². The first kappa shape index (κ1) is 28.8. The molecule has 0 spiro atoms. The number of allylic oxidation sites excluding steroid dienone is 1. The van der Waals surface area contributed by atoms with Gasteiger partial charge in [-0.15, -0.1) is 0 Å². The molecule has 1 aliphatic carbocycles. The van der Waals surface area contributed by atoms with Crippen LogP contribution in [0.4, 0.5) is 0 Å². The topological polar surface area (TPSA) is 79.6 Å². The van der Waals surface area contributed by atoms with Crippen molar-refractivity contribution in [3.63, 3.8) is 0 Å². The van der Waals surface area contributed by atoms with Crippen molar-refractivity contribution in [2.24, 2.45) is 0 Å². The molecule has 216 valence electrons. The molecule has 0 bridgehead atoms. The Morgan fingerprint density at radius 3 is 2.59 bits per heavy atom. The number of hydrogen-bond donors (Lipinski definition) is 1. The van der Waals surface area contributed by atoms with Crippen LogP contribution in [0.3, 0.4) is 0 Å². The lowest BCUT2D eigenvalue weighted by molar-refractivity contribution is -0.133. The second-order valence-electron chi connectivity index (χ2n) is 12.2. The van der Waals surface area contributed by atoms with Gasteiger partial charge in [0.2, 0.25) is 5.91 Å². The van der Waals surface area contributed by atoms with Gasteiger partial charge in [0, 0.05) is 32.1 Å². The van der Waals surface area contributed by atoms with E-state index in [1.54, 1.807) is 6.07 Å². The maximum Gasteiger partial charge on any atom is 0.287 e. The molecule has 0 radical (unpaired) electrons. The van der Waals surface area contributed by atoms with Crippen LogP contribution in [-0.2, 0) is 16.8 Å². The molecule has 2 heterocycles. The fourth-order valence-electron chi connectivity index (χ4n) is 6.08. The second-order valence-corrected chi connectivity index (χ2v) is 12.2. The van der Waals surface area contributed by atoms with E-state index < -0.39 is 0 Å². The zero-order chi connectivity index (χ0) is 29.0. The molecule has 1 N–H and O–H groups in total. The minimum absolute atomic E-state index is 0.0379. The molecule has 6 nitrogen and oxygen atoms in total. The number of carbonyl (C=O) groups is 2. The molecule has 0 unspecified atom stereocenters. The summed E-state index contributed by atoms with van der Waals surface area (Å²) in [6.45, 7) is 8.40. The molecule has 3 aromatic rings. The van der Waals surface area contributed by atoms with Gasteiger partial charge in [0.1, 0.15) is 5.58 Å². The minimum atomic E-state index is -0.381. The predicted molar refractivity (Wildman–Crippen MR) is 163 cm³/mol. The van der Waals surface area contributed by atoms with Gasteiger partial charge in [-0.1, -0.05) is 62.8 Å². The van der Waals surface area contributed by atoms with Crippen molar-refractivity contribution in [2.45, 2.75) is 90.0 Å². The van der Waals surface area contributed by atoms with Crippen LogP contribution in [0, 0.1) is 0 Å². The average molecular weight is 555 g/mol. The summed E-state index contributed by atoms with van der Waals surface area (Å²) in [7, 11) is 0. The summed E-state index contributed by atoms with van der Waals surface area (Å²) < 4.78 is 5.83. The zero-order valence-electron chi connectivity index (χ0n) is 24.6. The van der Waals surface area contributed by atoms with E-state index in [0.717, 1.165) is 57.1 Å². The lowest BCUT2D eigenvalue weighted by atomic mass is 9.79. The van der Waals surface area contributed by atoms with E-state index in [1.807, 2.05) is 17.0 Å². The number of hydrogen-bond acceptors (Lipinski definition) is 4. The largest absolute Gasteiger partial charge is 0.451 e. The van der Waals surface area contributed by atoms with Crippen LogP contribution in [0.15, 0.2) is 69.4 Å². The van der Waals surface area contributed by atoms with Gasteiger partial charge in [-0.3, -0.25) is 14.4 Å². The third kappa shape index (κ3) is 6.64. The van der Waals surface area contributed by atoms with Crippen LogP contribution in [0.2, 0.25) is 0 Å². The van der Waals surface area contributed by atoms with Gasteiger partial charge in [-0.2, -0.15) is 0 Å². The van der Waals surface area contributed by atoms with Gasteiger partial charge >= 0.3 is 0 Å². The first-order valence-electron chi connectivity index (χ1n) is 15.1. The molecule has 1 aliphatic heterocycles. The summed E-state index contributed by atoms with van der Waals surface area (Å²) >= 11 is 0. The fraction of sp³-hybridized carbons (Fsp3) is 0.457. The summed E-state index contributed by atoms with van der Waals surface area (Å²) in [4.78, 5) is 40.0. The highest BCUT2D eigenvalue weighted by atomic mass is 16.3. The number of benzene rings is 2. The van der Waals surface area contributed by atoms with Crippen LogP contribution < -0.4 is 10.7 Å². The minimum Gasteiger partial charge on any atom is -0.451 e. The summed E-state index contributed by atoms with van der Waals surface area (Å²) in [5.41, 5.74) is 5.26. The molecule has 2 amide bonds.